The number of ketones is 1. The predicted molar refractivity (Wildman–Crippen MR) is 148 cm³/mol. The molecule has 0 saturated carbocycles. The SMILES string of the molecule is CC(C)(C)OC(=O)c1ccc(N2c3ccccc3CC2Cc2ccc(C(=O)c3ccccc3)cc2)cc1. The number of fused-ring (bicyclic) bond motifs is 1. The van der Waals surface area contributed by atoms with Crippen molar-refractivity contribution in [1.29, 1.82) is 0 Å². The second-order valence-electron chi connectivity index (χ2n) is 10.5. The Morgan fingerprint density at radius 1 is 0.757 bits per heavy atom. The van der Waals surface area contributed by atoms with Crippen molar-refractivity contribution in [3.05, 3.63) is 131 Å². The number of ether oxygens (including phenoxy) is 1. The van der Waals surface area contributed by atoms with Crippen LogP contribution in [-0.4, -0.2) is 23.4 Å². The summed E-state index contributed by atoms with van der Waals surface area (Å²) in [6.45, 7) is 5.61. The summed E-state index contributed by atoms with van der Waals surface area (Å²) in [7, 11) is 0. The van der Waals surface area contributed by atoms with Crippen molar-refractivity contribution in [3.8, 4) is 0 Å². The molecule has 1 heterocycles. The molecule has 0 spiro atoms. The van der Waals surface area contributed by atoms with Gasteiger partial charge in [0.2, 0.25) is 0 Å². The summed E-state index contributed by atoms with van der Waals surface area (Å²) >= 11 is 0. The first kappa shape index (κ1) is 24.5. The van der Waals surface area contributed by atoms with Gasteiger partial charge in [-0.15, -0.1) is 0 Å². The maximum atomic E-state index is 12.8. The summed E-state index contributed by atoms with van der Waals surface area (Å²) in [6.07, 6.45) is 1.76. The van der Waals surface area contributed by atoms with Crippen LogP contribution < -0.4 is 4.90 Å². The van der Waals surface area contributed by atoms with E-state index in [0.29, 0.717) is 16.7 Å². The number of carbonyl (C=O) groups excluding carboxylic acids is 2. The standard InChI is InChI=1S/C33H31NO3/c1-33(2,3)37-32(36)26-17-19-28(20-18-26)34-29(22-27-11-7-8-12-30(27)34)21-23-13-15-25(16-14-23)31(35)24-9-5-4-6-10-24/h4-20,29H,21-22H2,1-3H3. The first-order valence-corrected chi connectivity index (χ1v) is 12.7. The molecule has 4 aromatic carbocycles. The highest BCUT2D eigenvalue weighted by Crippen LogP contribution is 2.39. The predicted octanol–water partition coefficient (Wildman–Crippen LogP) is 7.18. The minimum absolute atomic E-state index is 0.0344. The zero-order valence-corrected chi connectivity index (χ0v) is 21.5. The lowest BCUT2D eigenvalue weighted by molar-refractivity contribution is 0.00694. The van der Waals surface area contributed by atoms with E-state index in [1.165, 1.54) is 16.8 Å². The first-order valence-electron chi connectivity index (χ1n) is 12.7. The van der Waals surface area contributed by atoms with Gasteiger partial charge in [-0.25, -0.2) is 4.79 Å². The third kappa shape index (κ3) is 5.49. The van der Waals surface area contributed by atoms with E-state index in [9.17, 15) is 9.59 Å². The van der Waals surface area contributed by atoms with Gasteiger partial charge in [0, 0.05) is 28.5 Å². The molecule has 4 heteroatoms. The van der Waals surface area contributed by atoms with Gasteiger partial charge >= 0.3 is 5.97 Å². The van der Waals surface area contributed by atoms with E-state index in [0.717, 1.165) is 18.5 Å². The van der Waals surface area contributed by atoms with E-state index in [1.807, 2.05) is 87.5 Å². The average molecular weight is 490 g/mol. The van der Waals surface area contributed by atoms with Crippen molar-refractivity contribution in [2.75, 3.05) is 4.90 Å². The molecular weight excluding hydrogens is 458 g/mol. The van der Waals surface area contributed by atoms with Crippen LogP contribution in [0.1, 0.15) is 58.2 Å². The van der Waals surface area contributed by atoms with E-state index < -0.39 is 5.60 Å². The van der Waals surface area contributed by atoms with Crippen molar-refractivity contribution in [2.45, 2.75) is 45.3 Å². The number of carbonyl (C=O) groups is 2. The largest absolute Gasteiger partial charge is 0.456 e. The van der Waals surface area contributed by atoms with Gasteiger partial charge in [-0.3, -0.25) is 4.79 Å². The Morgan fingerprint density at radius 3 is 2.03 bits per heavy atom. The van der Waals surface area contributed by atoms with Gasteiger partial charge in [-0.2, -0.15) is 0 Å². The number of nitrogens with zero attached hydrogens (tertiary/aromatic N) is 1. The van der Waals surface area contributed by atoms with Crippen LogP contribution >= 0.6 is 0 Å². The van der Waals surface area contributed by atoms with Crippen LogP contribution in [0.15, 0.2) is 103 Å². The van der Waals surface area contributed by atoms with Gasteiger partial charge < -0.3 is 9.64 Å². The third-order valence-corrected chi connectivity index (χ3v) is 6.58. The Hall–Kier alpha value is -4.18. The fourth-order valence-electron chi connectivity index (χ4n) is 4.89. The number of benzene rings is 4. The molecule has 4 aromatic rings. The number of para-hydroxylation sites is 1. The lowest BCUT2D eigenvalue weighted by atomic mass is 9.98. The normalized spacial score (nSPS) is 14.8. The molecular formula is C33H31NO3. The summed E-state index contributed by atoms with van der Waals surface area (Å²) in [5.41, 5.74) is 6.11. The zero-order valence-electron chi connectivity index (χ0n) is 21.5. The number of anilines is 2. The van der Waals surface area contributed by atoms with Gasteiger partial charge in [0.1, 0.15) is 5.60 Å². The Labute approximate surface area is 218 Å². The molecule has 1 atom stereocenters. The summed E-state index contributed by atoms with van der Waals surface area (Å²) in [6, 6.07) is 33.7. The molecule has 186 valence electrons. The highest BCUT2D eigenvalue weighted by molar-refractivity contribution is 6.08. The maximum absolute atomic E-state index is 12.8. The molecule has 5 rings (SSSR count). The number of esters is 1. The van der Waals surface area contributed by atoms with Gasteiger partial charge in [0.15, 0.2) is 5.78 Å². The fourth-order valence-corrected chi connectivity index (χ4v) is 4.89. The maximum Gasteiger partial charge on any atom is 0.338 e. The first-order chi connectivity index (χ1) is 17.8. The van der Waals surface area contributed by atoms with Gasteiger partial charge in [0.25, 0.3) is 0 Å². The molecule has 1 unspecified atom stereocenters. The molecule has 0 aliphatic carbocycles. The quantitative estimate of drug-likeness (QED) is 0.213. The Balaban J connectivity index is 1.37. The zero-order chi connectivity index (χ0) is 26.0. The smallest absolute Gasteiger partial charge is 0.338 e. The Bertz CT molecular complexity index is 1400. The molecule has 0 bridgehead atoms. The van der Waals surface area contributed by atoms with E-state index in [4.69, 9.17) is 4.74 Å². The second-order valence-corrected chi connectivity index (χ2v) is 10.5. The Morgan fingerprint density at radius 2 is 1.35 bits per heavy atom. The number of hydrogen-bond acceptors (Lipinski definition) is 4. The molecule has 0 saturated heterocycles. The minimum atomic E-state index is -0.532. The molecule has 0 radical (unpaired) electrons. The molecule has 0 N–H and O–H groups in total. The lowest BCUT2D eigenvalue weighted by Crippen LogP contribution is -2.29. The van der Waals surface area contributed by atoms with Crippen LogP contribution in [0, 0.1) is 0 Å². The Kier molecular flexibility index (Phi) is 6.66. The highest BCUT2D eigenvalue weighted by atomic mass is 16.6. The summed E-state index contributed by atoms with van der Waals surface area (Å²) in [5, 5.41) is 0. The minimum Gasteiger partial charge on any atom is -0.456 e. The van der Waals surface area contributed by atoms with Crippen LogP contribution in [0.5, 0.6) is 0 Å². The van der Waals surface area contributed by atoms with Gasteiger partial charge in [-0.05, 0) is 75.1 Å². The molecule has 0 amide bonds. The van der Waals surface area contributed by atoms with Crippen molar-refractivity contribution in [3.63, 3.8) is 0 Å². The van der Waals surface area contributed by atoms with Crippen LogP contribution in [0.4, 0.5) is 11.4 Å². The van der Waals surface area contributed by atoms with Gasteiger partial charge in [-0.1, -0.05) is 72.8 Å². The monoisotopic (exact) mass is 489 g/mol. The van der Waals surface area contributed by atoms with Crippen LogP contribution in [0.25, 0.3) is 0 Å². The second kappa shape index (κ2) is 10.1. The fraction of sp³-hybridized carbons (Fsp3) is 0.212. The molecule has 1 aliphatic heterocycles. The molecule has 0 aromatic heterocycles. The van der Waals surface area contributed by atoms with E-state index in [1.54, 1.807) is 0 Å². The molecule has 37 heavy (non-hydrogen) atoms. The van der Waals surface area contributed by atoms with Crippen molar-refractivity contribution < 1.29 is 14.3 Å². The summed E-state index contributed by atoms with van der Waals surface area (Å²) in [4.78, 5) is 27.7. The molecule has 0 fully saturated rings. The van der Waals surface area contributed by atoms with Crippen LogP contribution in [0.2, 0.25) is 0 Å². The van der Waals surface area contributed by atoms with Crippen molar-refractivity contribution in [1.82, 2.24) is 0 Å². The molecule has 4 nitrogen and oxygen atoms in total. The van der Waals surface area contributed by atoms with E-state index in [-0.39, 0.29) is 17.8 Å². The van der Waals surface area contributed by atoms with Gasteiger partial charge in [0.05, 0.1) is 5.56 Å². The highest BCUT2D eigenvalue weighted by Gasteiger charge is 2.30. The van der Waals surface area contributed by atoms with Crippen LogP contribution in [-0.2, 0) is 17.6 Å². The summed E-state index contributed by atoms with van der Waals surface area (Å²) in [5.74, 6) is -0.283. The van der Waals surface area contributed by atoms with Crippen molar-refractivity contribution >= 4 is 23.1 Å². The topological polar surface area (TPSA) is 46.6 Å². The van der Waals surface area contributed by atoms with Crippen LogP contribution in [0.3, 0.4) is 0 Å². The lowest BCUT2D eigenvalue weighted by Gasteiger charge is -2.28. The summed E-state index contributed by atoms with van der Waals surface area (Å²) < 4.78 is 5.52. The van der Waals surface area contributed by atoms with E-state index in [2.05, 4.69) is 41.3 Å². The third-order valence-electron chi connectivity index (χ3n) is 6.58. The number of hydrogen-bond donors (Lipinski definition) is 0. The average Bonchev–Trinajstić information content (AvgIpc) is 3.26. The van der Waals surface area contributed by atoms with Crippen molar-refractivity contribution in [2.24, 2.45) is 0 Å². The van der Waals surface area contributed by atoms with E-state index >= 15 is 0 Å². The number of rotatable bonds is 6. The molecule has 1 aliphatic rings.